The average molecular weight is 398 g/mol. The van der Waals surface area contributed by atoms with E-state index in [1.807, 2.05) is 36.4 Å². The number of carbonyl (C=O) groups excluding carboxylic acids is 1. The first-order chi connectivity index (χ1) is 13.7. The molecule has 4 heteroatoms. The molecule has 1 atom stereocenters. The number of benzene rings is 2. The fourth-order valence-corrected chi connectivity index (χ4v) is 3.34. The summed E-state index contributed by atoms with van der Waals surface area (Å²) in [5.41, 5.74) is 1.22. The quantitative estimate of drug-likeness (QED) is 0.354. The largest absolute Gasteiger partial charge is 0.462 e. The smallest absolute Gasteiger partial charge is 0.338 e. The van der Waals surface area contributed by atoms with E-state index in [-0.39, 0.29) is 23.2 Å². The van der Waals surface area contributed by atoms with Crippen molar-refractivity contribution in [2.75, 3.05) is 6.61 Å². The van der Waals surface area contributed by atoms with Crippen LogP contribution in [0.15, 0.2) is 60.7 Å². The zero-order valence-electron chi connectivity index (χ0n) is 18.6. The maximum Gasteiger partial charge on any atom is 0.338 e. The predicted molar refractivity (Wildman–Crippen MR) is 118 cm³/mol. The van der Waals surface area contributed by atoms with E-state index in [1.165, 1.54) is 0 Å². The normalized spacial score (nSPS) is 13.3. The minimum Gasteiger partial charge on any atom is -0.462 e. The summed E-state index contributed by atoms with van der Waals surface area (Å²) in [5, 5.41) is 2.09. The van der Waals surface area contributed by atoms with Crippen molar-refractivity contribution < 1.29 is 14.4 Å². The van der Waals surface area contributed by atoms with Crippen LogP contribution < -0.4 is 0 Å². The van der Waals surface area contributed by atoms with Gasteiger partial charge in [0.05, 0.1) is 12.2 Å². The second-order valence-corrected chi connectivity index (χ2v) is 8.68. The van der Waals surface area contributed by atoms with E-state index in [0.717, 1.165) is 12.0 Å². The molecule has 0 saturated heterocycles. The number of hydroxylamine groups is 2. The van der Waals surface area contributed by atoms with Crippen LogP contribution in [-0.2, 0) is 9.57 Å². The number of carbonyl (C=O) groups is 1. The molecule has 0 N–H and O–H groups in total. The molecular weight excluding hydrogens is 362 g/mol. The highest BCUT2D eigenvalue weighted by atomic mass is 16.7. The summed E-state index contributed by atoms with van der Waals surface area (Å²) in [6.07, 6.45) is 1.52. The molecule has 0 bridgehead atoms. The first-order valence-electron chi connectivity index (χ1n) is 10.4. The van der Waals surface area contributed by atoms with Gasteiger partial charge in [-0.2, -0.15) is 5.06 Å². The molecule has 0 amide bonds. The summed E-state index contributed by atoms with van der Waals surface area (Å²) in [5.74, 6) is -0.290. The van der Waals surface area contributed by atoms with Crippen molar-refractivity contribution in [3.8, 4) is 0 Å². The van der Waals surface area contributed by atoms with E-state index >= 15 is 0 Å². The van der Waals surface area contributed by atoms with Crippen LogP contribution in [0.5, 0.6) is 0 Å². The minimum absolute atomic E-state index is 0.0758. The molecule has 0 radical (unpaired) electrons. The van der Waals surface area contributed by atoms with Gasteiger partial charge >= 0.3 is 5.97 Å². The lowest BCUT2D eigenvalue weighted by molar-refractivity contribution is -0.293. The van der Waals surface area contributed by atoms with Crippen molar-refractivity contribution in [2.24, 2.45) is 0 Å². The molecule has 0 aromatic heterocycles. The Morgan fingerprint density at radius 1 is 0.931 bits per heavy atom. The Hall–Kier alpha value is -2.17. The highest BCUT2D eigenvalue weighted by molar-refractivity contribution is 5.89. The van der Waals surface area contributed by atoms with Crippen LogP contribution in [0.25, 0.3) is 0 Å². The fraction of sp³-hybridized carbons (Fsp3) is 0.480. The minimum atomic E-state index is -0.320. The zero-order chi connectivity index (χ0) is 21.5. The van der Waals surface area contributed by atoms with Crippen molar-refractivity contribution >= 4 is 5.97 Å². The Balaban J connectivity index is 2.06. The molecule has 0 aliphatic rings. The third-order valence-corrected chi connectivity index (χ3v) is 5.45. The Labute approximate surface area is 175 Å². The number of nitrogens with zero attached hydrogens (tertiary/aromatic N) is 1. The van der Waals surface area contributed by atoms with E-state index in [2.05, 4.69) is 58.7 Å². The van der Waals surface area contributed by atoms with Gasteiger partial charge in [0.1, 0.15) is 6.10 Å². The van der Waals surface area contributed by atoms with Crippen molar-refractivity contribution in [3.63, 3.8) is 0 Å². The Morgan fingerprint density at radius 3 is 2.03 bits per heavy atom. The van der Waals surface area contributed by atoms with Crippen LogP contribution in [0.1, 0.15) is 76.4 Å². The molecule has 0 heterocycles. The van der Waals surface area contributed by atoms with Gasteiger partial charge in [-0.25, -0.2) is 4.79 Å². The van der Waals surface area contributed by atoms with Crippen LogP contribution in [-0.4, -0.2) is 28.7 Å². The molecular formula is C25H35NO3. The van der Waals surface area contributed by atoms with E-state index < -0.39 is 0 Å². The topological polar surface area (TPSA) is 38.8 Å². The molecule has 0 saturated carbocycles. The highest BCUT2D eigenvalue weighted by Gasteiger charge is 2.39. The predicted octanol–water partition coefficient (Wildman–Crippen LogP) is 6.20. The van der Waals surface area contributed by atoms with Crippen LogP contribution in [0.2, 0.25) is 0 Å². The van der Waals surface area contributed by atoms with Crippen molar-refractivity contribution in [3.05, 3.63) is 71.8 Å². The number of esters is 1. The van der Waals surface area contributed by atoms with Gasteiger partial charge in [-0.05, 0) is 58.7 Å². The van der Waals surface area contributed by atoms with Crippen LogP contribution >= 0.6 is 0 Å². The van der Waals surface area contributed by atoms with Gasteiger partial charge in [-0.15, -0.1) is 0 Å². The number of rotatable bonds is 10. The summed E-state index contributed by atoms with van der Waals surface area (Å²) in [6.45, 7) is 13.2. The van der Waals surface area contributed by atoms with Gasteiger partial charge in [-0.1, -0.05) is 55.5 Å². The molecule has 0 spiro atoms. The van der Waals surface area contributed by atoms with Crippen LogP contribution in [0, 0.1) is 0 Å². The second-order valence-electron chi connectivity index (χ2n) is 8.68. The number of ether oxygens (including phenoxy) is 1. The zero-order valence-corrected chi connectivity index (χ0v) is 18.6. The van der Waals surface area contributed by atoms with E-state index in [4.69, 9.17) is 9.57 Å². The van der Waals surface area contributed by atoms with Crippen LogP contribution in [0.4, 0.5) is 0 Å². The van der Waals surface area contributed by atoms with Gasteiger partial charge < -0.3 is 4.74 Å². The van der Waals surface area contributed by atoms with E-state index in [9.17, 15) is 4.79 Å². The summed E-state index contributed by atoms with van der Waals surface area (Å²) in [4.78, 5) is 18.7. The van der Waals surface area contributed by atoms with Gasteiger partial charge in [0, 0.05) is 17.5 Å². The first kappa shape index (κ1) is 23.1. The Bertz CT molecular complexity index is 756. The van der Waals surface area contributed by atoms with Crippen molar-refractivity contribution in [1.82, 2.24) is 5.06 Å². The second kappa shape index (κ2) is 10.0. The molecule has 2 aromatic carbocycles. The van der Waals surface area contributed by atoms with Gasteiger partial charge in [0.25, 0.3) is 0 Å². The third kappa shape index (κ3) is 6.41. The summed E-state index contributed by atoms with van der Waals surface area (Å²) >= 11 is 0. The maximum atomic E-state index is 12.2. The van der Waals surface area contributed by atoms with Gasteiger partial charge in [0.15, 0.2) is 0 Å². The molecule has 1 unspecified atom stereocenters. The lowest BCUT2D eigenvalue weighted by Crippen LogP contribution is -2.55. The molecule has 158 valence electrons. The lowest BCUT2D eigenvalue weighted by atomic mass is 9.92. The summed E-state index contributed by atoms with van der Waals surface area (Å²) in [7, 11) is 0. The number of hydrogen-bond acceptors (Lipinski definition) is 4. The third-order valence-electron chi connectivity index (χ3n) is 5.45. The Morgan fingerprint density at radius 2 is 1.48 bits per heavy atom. The molecule has 4 nitrogen and oxygen atoms in total. The molecule has 2 aromatic rings. The van der Waals surface area contributed by atoms with Crippen molar-refractivity contribution in [1.29, 1.82) is 0 Å². The van der Waals surface area contributed by atoms with Crippen molar-refractivity contribution in [2.45, 2.75) is 71.6 Å². The monoisotopic (exact) mass is 397 g/mol. The molecule has 0 aliphatic carbocycles. The molecule has 0 fully saturated rings. The highest BCUT2D eigenvalue weighted by Crippen LogP contribution is 2.34. The summed E-state index contributed by atoms with van der Waals surface area (Å²) < 4.78 is 5.53. The average Bonchev–Trinajstić information content (AvgIpc) is 2.72. The molecule has 29 heavy (non-hydrogen) atoms. The van der Waals surface area contributed by atoms with Crippen LogP contribution in [0.3, 0.4) is 0 Å². The molecule has 2 rings (SSSR count). The fourth-order valence-electron chi connectivity index (χ4n) is 3.34. The van der Waals surface area contributed by atoms with E-state index in [1.54, 1.807) is 12.1 Å². The summed E-state index contributed by atoms with van der Waals surface area (Å²) in [6, 6.07) is 19.3. The van der Waals surface area contributed by atoms with E-state index in [0.29, 0.717) is 18.6 Å². The SMILES string of the molecule is CCC(C)(C)N(OC(C)c1ccccc1)C(C)(C)CCOC(=O)c1ccccc1. The molecule has 0 aliphatic heterocycles. The van der Waals surface area contributed by atoms with Gasteiger partial charge in [-0.3, -0.25) is 4.84 Å². The Kier molecular flexibility index (Phi) is 8.00. The van der Waals surface area contributed by atoms with Gasteiger partial charge in [0.2, 0.25) is 0 Å². The first-order valence-corrected chi connectivity index (χ1v) is 10.4. The number of hydrogen-bond donors (Lipinski definition) is 0. The lowest BCUT2D eigenvalue weighted by Gasteiger charge is -2.48. The standard InChI is InChI=1S/C25H35NO3/c1-7-24(3,4)26(29-20(2)21-14-10-8-11-15-21)25(5,6)18-19-28-23(27)22-16-12-9-13-17-22/h8-17,20H,7,18-19H2,1-6H3. The maximum absolute atomic E-state index is 12.2.